The Hall–Kier alpha value is -1.95. The fourth-order valence-corrected chi connectivity index (χ4v) is 5.16. The van der Waals surface area contributed by atoms with Crippen molar-refractivity contribution in [2.45, 2.75) is 32.1 Å². The van der Waals surface area contributed by atoms with Crippen LogP contribution in [-0.2, 0) is 0 Å². The number of halogens is 1. The van der Waals surface area contributed by atoms with Gasteiger partial charge in [-0.05, 0) is 36.8 Å². The molecule has 1 saturated heterocycles. The number of rotatable bonds is 3. The Morgan fingerprint density at radius 1 is 1.27 bits per heavy atom. The van der Waals surface area contributed by atoms with Gasteiger partial charge in [0.15, 0.2) is 0 Å². The minimum atomic E-state index is -0.388. The fourth-order valence-electron chi connectivity index (χ4n) is 4.32. The van der Waals surface area contributed by atoms with E-state index in [0.29, 0.717) is 27.9 Å². The van der Waals surface area contributed by atoms with Crippen molar-refractivity contribution in [2.24, 2.45) is 11.8 Å². The first-order valence-corrected chi connectivity index (χ1v) is 10.1. The summed E-state index contributed by atoms with van der Waals surface area (Å²) in [4.78, 5) is 19.3. The number of ether oxygens (including phenoxy) is 1. The summed E-state index contributed by atoms with van der Waals surface area (Å²) in [6, 6.07) is 4.69. The van der Waals surface area contributed by atoms with E-state index in [2.05, 4.69) is 4.98 Å². The summed E-state index contributed by atoms with van der Waals surface area (Å²) in [6.45, 7) is 1.63. The third-order valence-corrected chi connectivity index (χ3v) is 6.57. The van der Waals surface area contributed by atoms with E-state index in [1.807, 2.05) is 4.90 Å². The Morgan fingerprint density at radius 2 is 2.08 bits per heavy atom. The number of carbonyl (C=O) groups is 1. The Bertz CT molecular complexity index is 807. The number of fused-ring (bicyclic) bond motifs is 1. The zero-order chi connectivity index (χ0) is 18.1. The highest BCUT2D eigenvalue weighted by Gasteiger charge is 2.34. The number of amides is 1. The molecule has 1 amide bonds. The van der Waals surface area contributed by atoms with E-state index in [-0.39, 0.29) is 11.7 Å². The summed E-state index contributed by atoms with van der Waals surface area (Å²) in [5.74, 6) is 1.42. The first-order valence-electron chi connectivity index (χ1n) is 9.25. The second kappa shape index (κ2) is 7.35. The van der Waals surface area contributed by atoms with E-state index in [1.165, 1.54) is 50.2 Å². The first-order chi connectivity index (χ1) is 12.7. The molecule has 2 atom stereocenters. The van der Waals surface area contributed by atoms with Gasteiger partial charge in [-0.25, -0.2) is 9.37 Å². The number of piperidine rings is 1. The third-order valence-electron chi connectivity index (χ3n) is 5.71. The van der Waals surface area contributed by atoms with E-state index < -0.39 is 0 Å². The minimum absolute atomic E-state index is 0.0353. The molecule has 1 aromatic heterocycles. The van der Waals surface area contributed by atoms with Crippen LogP contribution < -0.4 is 4.74 Å². The second-order valence-corrected chi connectivity index (χ2v) is 8.06. The number of nitrogens with zero attached hydrogens (tertiary/aromatic N) is 2. The van der Waals surface area contributed by atoms with Crippen molar-refractivity contribution in [3.63, 3.8) is 0 Å². The highest BCUT2D eigenvalue weighted by Crippen LogP contribution is 2.37. The number of hydrogen-bond donors (Lipinski definition) is 0. The van der Waals surface area contributed by atoms with Gasteiger partial charge < -0.3 is 9.64 Å². The number of methoxy groups -OCH3 is 1. The molecule has 2 aliphatic rings. The average molecular weight is 374 g/mol. The van der Waals surface area contributed by atoms with E-state index in [9.17, 15) is 9.18 Å². The molecule has 0 radical (unpaired) electrons. The number of thiazole rings is 1. The monoisotopic (exact) mass is 374 g/mol. The van der Waals surface area contributed by atoms with Gasteiger partial charge in [-0.15, -0.1) is 11.3 Å². The van der Waals surface area contributed by atoms with Gasteiger partial charge in [-0.1, -0.05) is 25.3 Å². The van der Waals surface area contributed by atoms with Gasteiger partial charge in [0.2, 0.25) is 0 Å². The summed E-state index contributed by atoms with van der Waals surface area (Å²) in [5.41, 5.74) is 0.731. The summed E-state index contributed by atoms with van der Waals surface area (Å²) in [6.07, 6.45) is 6.23. The SMILES string of the molecule is COc1cccc(F)c1-c1nc(C(=O)N2CC[C@H]3CCCC[C@@H]3C2)cs1. The van der Waals surface area contributed by atoms with E-state index >= 15 is 0 Å². The van der Waals surface area contributed by atoms with Crippen LogP contribution >= 0.6 is 11.3 Å². The van der Waals surface area contributed by atoms with E-state index in [4.69, 9.17) is 4.74 Å². The molecule has 0 spiro atoms. The Balaban J connectivity index is 1.54. The summed E-state index contributed by atoms with van der Waals surface area (Å²) in [5, 5.41) is 2.21. The predicted octanol–water partition coefficient (Wildman–Crippen LogP) is 4.61. The van der Waals surface area contributed by atoms with Crippen LogP contribution in [0, 0.1) is 17.7 Å². The van der Waals surface area contributed by atoms with Crippen molar-refractivity contribution in [1.29, 1.82) is 0 Å². The maximum Gasteiger partial charge on any atom is 0.273 e. The van der Waals surface area contributed by atoms with Gasteiger partial charge >= 0.3 is 0 Å². The molecule has 1 aliphatic carbocycles. The molecule has 26 heavy (non-hydrogen) atoms. The zero-order valence-corrected chi connectivity index (χ0v) is 15.7. The molecule has 1 aliphatic heterocycles. The predicted molar refractivity (Wildman–Crippen MR) is 100 cm³/mol. The van der Waals surface area contributed by atoms with Crippen LogP contribution in [0.25, 0.3) is 10.6 Å². The number of hydrogen-bond acceptors (Lipinski definition) is 4. The molecule has 4 nitrogen and oxygen atoms in total. The number of benzene rings is 1. The first kappa shape index (κ1) is 17.5. The largest absolute Gasteiger partial charge is 0.496 e. The topological polar surface area (TPSA) is 42.4 Å². The lowest BCUT2D eigenvalue weighted by Crippen LogP contribution is -2.44. The summed E-state index contributed by atoms with van der Waals surface area (Å²) in [7, 11) is 1.51. The molecule has 1 aromatic carbocycles. The normalized spacial score (nSPS) is 22.8. The molecule has 2 fully saturated rings. The lowest BCUT2D eigenvalue weighted by atomic mass is 9.75. The third kappa shape index (κ3) is 3.22. The standard InChI is InChI=1S/C20H23FN2O2S/c1-25-17-8-4-7-15(21)18(17)19-22-16(12-26-19)20(24)23-10-9-13-5-2-3-6-14(13)11-23/h4,7-8,12-14H,2-3,5-6,9-11H2,1H3/t13-,14-/m1/s1. The molecule has 0 bridgehead atoms. The van der Waals surface area contributed by atoms with E-state index in [1.54, 1.807) is 17.5 Å². The van der Waals surface area contributed by atoms with Crippen LogP contribution in [0.15, 0.2) is 23.6 Å². The quantitative estimate of drug-likeness (QED) is 0.788. The second-order valence-electron chi connectivity index (χ2n) is 7.20. The van der Waals surface area contributed by atoms with Crippen LogP contribution in [-0.4, -0.2) is 36.0 Å². The van der Waals surface area contributed by atoms with Crippen molar-refractivity contribution in [2.75, 3.05) is 20.2 Å². The Labute approximate surface area is 157 Å². The molecule has 1 saturated carbocycles. The molecule has 2 aromatic rings. The van der Waals surface area contributed by atoms with Gasteiger partial charge in [-0.2, -0.15) is 0 Å². The van der Waals surface area contributed by atoms with Crippen LogP contribution in [0.5, 0.6) is 5.75 Å². The average Bonchev–Trinajstić information content (AvgIpc) is 3.16. The minimum Gasteiger partial charge on any atom is -0.496 e. The smallest absolute Gasteiger partial charge is 0.273 e. The van der Waals surface area contributed by atoms with Crippen molar-refractivity contribution in [3.05, 3.63) is 35.1 Å². The van der Waals surface area contributed by atoms with Crippen molar-refractivity contribution in [3.8, 4) is 16.3 Å². The summed E-state index contributed by atoms with van der Waals surface area (Å²) < 4.78 is 19.5. The molecular formula is C20H23FN2O2S. The molecule has 0 unspecified atom stereocenters. The molecule has 138 valence electrons. The van der Waals surface area contributed by atoms with Crippen LogP contribution in [0.1, 0.15) is 42.6 Å². The van der Waals surface area contributed by atoms with Crippen molar-refractivity contribution < 1.29 is 13.9 Å². The number of likely N-dealkylation sites (tertiary alicyclic amines) is 1. The highest BCUT2D eigenvalue weighted by molar-refractivity contribution is 7.13. The maximum absolute atomic E-state index is 14.3. The van der Waals surface area contributed by atoms with Crippen molar-refractivity contribution >= 4 is 17.2 Å². The highest BCUT2D eigenvalue weighted by atomic mass is 32.1. The van der Waals surface area contributed by atoms with Gasteiger partial charge in [0, 0.05) is 18.5 Å². The molecule has 0 N–H and O–H groups in total. The zero-order valence-electron chi connectivity index (χ0n) is 14.9. The van der Waals surface area contributed by atoms with Crippen LogP contribution in [0.4, 0.5) is 4.39 Å². The van der Waals surface area contributed by atoms with Crippen LogP contribution in [0.2, 0.25) is 0 Å². The van der Waals surface area contributed by atoms with Gasteiger partial charge in [-0.3, -0.25) is 4.79 Å². The van der Waals surface area contributed by atoms with Crippen molar-refractivity contribution in [1.82, 2.24) is 9.88 Å². The Morgan fingerprint density at radius 3 is 2.88 bits per heavy atom. The molecular weight excluding hydrogens is 351 g/mol. The lowest BCUT2D eigenvalue weighted by molar-refractivity contribution is 0.0516. The van der Waals surface area contributed by atoms with E-state index in [0.717, 1.165) is 25.4 Å². The number of carbonyl (C=O) groups excluding carboxylic acids is 1. The molecule has 4 rings (SSSR count). The molecule has 6 heteroatoms. The maximum atomic E-state index is 14.3. The summed E-state index contributed by atoms with van der Waals surface area (Å²) >= 11 is 1.28. The van der Waals surface area contributed by atoms with Gasteiger partial charge in [0.1, 0.15) is 22.3 Å². The lowest BCUT2D eigenvalue weighted by Gasteiger charge is -2.41. The fraction of sp³-hybridized carbons (Fsp3) is 0.500. The molecule has 2 heterocycles. The van der Waals surface area contributed by atoms with Gasteiger partial charge in [0.25, 0.3) is 5.91 Å². The van der Waals surface area contributed by atoms with Gasteiger partial charge in [0.05, 0.1) is 12.7 Å². The van der Waals surface area contributed by atoms with Crippen LogP contribution in [0.3, 0.4) is 0 Å². The Kier molecular flexibility index (Phi) is 4.94. The number of aromatic nitrogens is 1.